The predicted octanol–water partition coefficient (Wildman–Crippen LogP) is 2.29. The Kier molecular flexibility index (Phi) is 3.96. The highest BCUT2D eigenvalue weighted by Gasteiger charge is 2.19. The highest BCUT2D eigenvalue weighted by atomic mass is 79.9. The molecular weight excluding hydrogens is 292 g/mol. The first-order chi connectivity index (χ1) is 8.65. The molecule has 18 heavy (non-hydrogen) atoms. The number of rotatable bonds is 3. The molecule has 4 nitrogen and oxygen atoms in total. The second kappa shape index (κ2) is 5.48. The van der Waals surface area contributed by atoms with Crippen molar-refractivity contribution < 1.29 is 0 Å². The first-order valence-electron chi connectivity index (χ1n) is 5.56. The van der Waals surface area contributed by atoms with Crippen molar-refractivity contribution in [3.8, 4) is 0 Å². The summed E-state index contributed by atoms with van der Waals surface area (Å²) in [6, 6.07) is 9.64. The molecule has 1 aromatic carbocycles. The first kappa shape index (κ1) is 13.0. The number of aryl methyl sites for hydroxylation is 1. The van der Waals surface area contributed by atoms with Crippen LogP contribution in [0.25, 0.3) is 0 Å². The van der Waals surface area contributed by atoms with Gasteiger partial charge in [-0.15, -0.1) is 0 Å². The number of nitrogen functional groups attached to an aromatic ring is 1. The Morgan fingerprint density at radius 3 is 2.61 bits per heavy atom. The van der Waals surface area contributed by atoms with Gasteiger partial charge in [-0.3, -0.25) is 5.84 Å². The quantitative estimate of drug-likeness (QED) is 0.600. The molecule has 0 aliphatic rings. The summed E-state index contributed by atoms with van der Waals surface area (Å²) in [4.78, 5) is 4.13. The molecule has 0 aliphatic heterocycles. The molecule has 0 radical (unpaired) electrons. The summed E-state index contributed by atoms with van der Waals surface area (Å²) in [5, 5.41) is 0. The lowest BCUT2D eigenvalue weighted by atomic mass is 9.96. The van der Waals surface area contributed by atoms with Gasteiger partial charge in [-0.1, -0.05) is 34.1 Å². The van der Waals surface area contributed by atoms with Gasteiger partial charge < -0.3 is 5.73 Å². The highest BCUT2D eigenvalue weighted by molar-refractivity contribution is 9.10. The van der Waals surface area contributed by atoms with Gasteiger partial charge in [0.15, 0.2) is 0 Å². The zero-order chi connectivity index (χ0) is 13.1. The molecule has 0 saturated heterocycles. The number of hydrogen-bond acceptors (Lipinski definition) is 4. The van der Waals surface area contributed by atoms with Gasteiger partial charge in [-0.2, -0.15) is 0 Å². The van der Waals surface area contributed by atoms with E-state index in [1.54, 1.807) is 6.20 Å². The molecule has 94 valence electrons. The van der Waals surface area contributed by atoms with Gasteiger partial charge in [0.1, 0.15) is 5.82 Å². The third-order valence-corrected chi connectivity index (χ3v) is 3.63. The SMILES string of the molecule is Cc1ccnc(N)c1C(NN)c1ccccc1Br. The molecule has 0 amide bonds. The third kappa shape index (κ3) is 2.38. The van der Waals surface area contributed by atoms with Crippen molar-refractivity contribution in [2.75, 3.05) is 5.73 Å². The summed E-state index contributed by atoms with van der Waals surface area (Å²) in [7, 11) is 0. The Bertz CT molecular complexity index is 536. The summed E-state index contributed by atoms with van der Waals surface area (Å²) in [5.41, 5.74) is 11.8. The van der Waals surface area contributed by atoms with Crippen LogP contribution in [0.2, 0.25) is 0 Å². The van der Waals surface area contributed by atoms with E-state index in [4.69, 9.17) is 11.6 Å². The minimum Gasteiger partial charge on any atom is -0.383 e. The number of benzene rings is 1. The average molecular weight is 307 g/mol. The molecule has 1 unspecified atom stereocenters. The fourth-order valence-corrected chi connectivity index (χ4v) is 2.52. The number of pyridine rings is 1. The maximum Gasteiger partial charge on any atom is 0.128 e. The van der Waals surface area contributed by atoms with Crippen LogP contribution in [0, 0.1) is 6.92 Å². The van der Waals surface area contributed by atoms with E-state index in [9.17, 15) is 0 Å². The van der Waals surface area contributed by atoms with Crippen molar-refractivity contribution in [1.29, 1.82) is 0 Å². The molecule has 1 atom stereocenters. The lowest BCUT2D eigenvalue weighted by Crippen LogP contribution is -2.30. The van der Waals surface area contributed by atoms with Crippen molar-refractivity contribution >= 4 is 21.7 Å². The average Bonchev–Trinajstić information content (AvgIpc) is 2.35. The van der Waals surface area contributed by atoms with Crippen LogP contribution in [0.5, 0.6) is 0 Å². The Hall–Kier alpha value is -1.43. The Morgan fingerprint density at radius 2 is 2.00 bits per heavy atom. The van der Waals surface area contributed by atoms with E-state index in [-0.39, 0.29) is 6.04 Å². The molecule has 0 spiro atoms. The molecule has 0 fully saturated rings. The summed E-state index contributed by atoms with van der Waals surface area (Å²) in [6.07, 6.45) is 1.70. The standard InChI is InChI=1S/C13H15BrN4/c1-8-6-7-17-13(15)11(8)12(18-16)9-4-2-3-5-10(9)14/h2-7,12,18H,16H2,1H3,(H2,15,17). The zero-order valence-electron chi connectivity index (χ0n) is 10.0. The number of nitrogens with two attached hydrogens (primary N) is 2. The van der Waals surface area contributed by atoms with Gasteiger partial charge in [0.2, 0.25) is 0 Å². The minimum atomic E-state index is -0.186. The summed E-state index contributed by atoms with van der Waals surface area (Å²) in [6.45, 7) is 1.99. The zero-order valence-corrected chi connectivity index (χ0v) is 11.6. The molecule has 2 aromatic rings. The number of nitrogens with one attached hydrogen (secondary N) is 1. The number of hydrazine groups is 1. The van der Waals surface area contributed by atoms with Crippen LogP contribution in [0.4, 0.5) is 5.82 Å². The number of nitrogens with zero attached hydrogens (tertiary/aromatic N) is 1. The Labute approximate surface area is 115 Å². The third-order valence-electron chi connectivity index (χ3n) is 2.91. The van der Waals surface area contributed by atoms with Crippen LogP contribution < -0.4 is 17.0 Å². The van der Waals surface area contributed by atoms with E-state index in [1.165, 1.54) is 0 Å². The highest BCUT2D eigenvalue weighted by Crippen LogP contribution is 2.31. The number of hydrogen-bond donors (Lipinski definition) is 3. The van der Waals surface area contributed by atoms with Crippen molar-refractivity contribution in [2.24, 2.45) is 5.84 Å². The fraction of sp³-hybridized carbons (Fsp3) is 0.154. The van der Waals surface area contributed by atoms with Crippen LogP contribution in [0.1, 0.15) is 22.7 Å². The Balaban J connectivity index is 2.56. The van der Waals surface area contributed by atoms with Crippen LogP contribution in [0.15, 0.2) is 41.0 Å². The lowest BCUT2D eigenvalue weighted by Gasteiger charge is -2.21. The van der Waals surface area contributed by atoms with E-state index in [1.807, 2.05) is 37.3 Å². The maximum atomic E-state index is 5.96. The van der Waals surface area contributed by atoms with Gasteiger partial charge in [-0.05, 0) is 30.2 Å². The maximum absolute atomic E-state index is 5.96. The number of aromatic nitrogens is 1. The molecule has 5 N–H and O–H groups in total. The molecule has 1 aromatic heterocycles. The first-order valence-corrected chi connectivity index (χ1v) is 6.36. The van der Waals surface area contributed by atoms with E-state index in [0.717, 1.165) is 21.2 Å². The van der Waals surface area contributed by atoms with Crippen LogP contribution in [-0.4, -0.2) is 4.98 Å². The van der Waals surface area contributed by atoms with Gasteiger partial charge in [-0.25, -0.2) is 10.4 Å². The molecule has 0 bridgehead atoms. The number of halogens is 1. The van der Waals surface area contributed by atoms with E-state index >= 15 is 0 Å². The largest absolute Gasteiger partial charge is 0.383 e. The van der Waals surface area contributed by atoms with E-state index in [2.05, 4.69) is 26.3 Å². The van der Waals surface area contributed by atoms with Gasteiger partial charge in [0.25, 0.3) is 0 Å². The summed E-state index contributed by atoms with van der Waals surface area (Å²) in [5.74, 6) is 6.18. The van der Waals surface area contributed by atoms with Crippen molar-refractivity contribution in [3.63, 3.8) is 0 Å². The van der Waals surface area contributed by atoms with Crippen molar-refractivity contribution in [1.82, 2.24) is 10.4 Å². The second-order valence-corrected chi connectivity index (χ2v) is 4.90. The second-order valence-electron chi connectivity index (χ2n) is 4.05. The molecule has 2 rings (SSSR count). The van der Waals surface area contributed by atoms with Crippen molar-refractivity contribution in [2.45, 2.75) is 13.0 Å². The predicted molar refractivity (Wildman–Crippen MR) is 76.7 cm³/mol. The van der Waals surface area contributed by atoms with E-state index in [0.29, 0.717) is 5.82 Å². The minimum absolute atomic E-state index is 0.186. The normalized spacial score (nSPS) is 12.4. The Morgan fingerprint density at radius 1 is 1.28 bits per heavy atom. The fourth-order valence-electron chi connectivity index (χ4n) is 2.00. The molecule has 0 saturated carbocycles. The van der Waals surface area contributed by atoms with Gasteiger partial charge >= 0.3 is 0 Å². The smallest absolute Gasteiger partial charge is 0.128 e. The number of anilines is 1. The summed E-state index contributed by atoms with van der Waals surface area (Å²) >= 11 is 3.53. The van der Waals surface area contributed by atoms with Crippen LogP contribution in [-0.2, 0) is 0 Å². The van der Waals surface area contributed by atoms with Crippen LogP contribution in [0.3, 0.4) is 0 Å². The molecule has 0 aliphatic carbocycles. The molecular formula is C13H15BrN4. The van der Waals surface area contributed by atoms with Gasteiger partial charge in [0.05, 0.1) is 6.04 Å². The lowest BCUT2D eigenvalue weighted by molar-refractivity contribution is 0.631. The molecule has 5 heteroatoms. The van der Waals surface area contributed by atoms with Crippen LogP contribution >= 0.6 is 15.9 Å². The van der Waals surface area contributed by atoms with Crippen molar-refractivity contribution in [3.05, 3.63) is 57.7 Å². The summed E-state index contributed by atoms with van der Waals surface area (Å²) < 4.78 is 0.982. The topological polar surface area (TPSA) is 77.0 Å². The monoisotopic (exact) mass is 306 g/mol. The van der Waals surface area contributed by atoms with Gasteiger partial charge in [0, 0.05) is 16.2 Å². The van der Waals surface area contributed by atoms with E-state index < -0.39 is 0 Å². The molecule has 1 heterocycles.